The molecule has 2 nitrogen and oxygen atoms in total. The van der Waals surface area contributed by atoms with Crippen molar-refractivity contribution in [1.82, 2.24) is 0 Å². The number of aliphatic carboxylic acids is 1. The summed E-state index contributed by atoms with van der Waals surface area (Å²) in [5.41, 5.74) is 1.75. The van der Waals surface area contributed by atoms with Crippen molar-refractivity contribution in [3.8, 4) is 0 Å². The summed E-state index contributed by atoms with van der Waals surface area (Å²) in [6.45, 7) is 5.58. The predicted molar refractivity (Wildman–Crippen MR) is 50.0 cm³/mol. The number of allylic oxidation sites excluding steroid dienone is 5. The summed E-state index contributed by atoms with van der Waals surface area (Å²) in [6.07, 6.45) is 6.87. The van der Waals surface area contributed by atoms with E-state index in [1.807, 2.05) is 32.1 Å². The third-order valence-corrected chi connectivity index (χ3v) is 1.50. The molecule has 0 fully saturated rings. The second-order valence-electron chi connectivity index (χ2n) is 2.54. The van der Waals surface area contributed by atoms with Crippen LogP contribution in [0.4, 0.5) is 0 Å². The van der Waals surface area contributed by atoms with Crippen molar-refractivity contribution in [3.05, 3.63) is 35.5 Å². The van der Waals surface area contributed by atoms with E-state index < -0.39 is 5.97 Å². The molecule has 0 rings (SSSR count). The van der Waals surface area contributed by atoms with Crippen LogP contribution in [0.2, 0.25) is 0 Å². The van der Waals surface area contributed by atoms with Crippen molar-refractivity contribution in [2.24, 2.45) is 0 Å². The second-order valence-corrected chi connectivity index (χ2v) is 2.54. The van der Waals surface area contributed by atoms with Crippen molar-refractivity contribution >= 4 is 5.97 Å². The van der Waals surface area contributed by atoms with Gasteiger partial charge in [-0.2, -0.15) is 0 Å². The number of hydrogen-bond acceptors (Lipinski definition) is 1. The molecule has 0 saturated heterocycles. The summed E-state index contributed by atoms with van der Waals surface area (Å²) in [6, 6.07) is 0. The van der Waals surface area contributed by atoms with Crippen molar-refractivity contribution in [3.63, 3.8) is 0 Å². The van der Waals surface area contributed by atoms with Crippen molar-refractivity contribution < 1.29 is 9.90 Å². The molecule has 12 heavy (non-hydrogen) atoms. The van der Waals surface area contributed by atoms with Gasteiger partial charge in [-0.1, -0.05) is 18.2 Å². The summed E-state index contributed by atoms with van der Waals surface area (Å²) in [5, 5.41) is 8.44. The zero-order valence-electron chi connectivity index (χ0n) is 7.66. The minimum absolute atomic E-state index is 0.778. The molecule has 0 heterocycles. The summed E-state index contributed by atoms with van der Waals surface area (Å²) in [7, 11) is 0. The van der Waals surface area contributed by atoms with Crippen LogP contribution in [0.1, 0.15) is 20.8 Å². The molecule has 1 N–H and O–H groups in total. The van der Waals surface area contributed by atoms with Crippen LogP contribution in [-0.4, -0.2) is 11.1 Å². The standard InChI is InChI=1S/C10H14O2/c1-4-5-6-8(2)9(3)7-10(11)12/h4-7H,1-3H3,(H,11,12). The van der Waals surface area contributed by atoms with Gasteiger partial charge in [-0.3, -0.25) is 0 Å². The van der Waals surface area contributed by atoms with E-state index in [0.717, 1.165) is 11.1 Å². The third-order valence-electron chi connectivity index (χ3n) is 1.50. The van der Waals surface area contributed by atoms with Crippen LogP contribution >= 0.6 is 0 Å². The van der Waals surface area contributed by atoms with Crippen LogP contribution in [0.15, 0.2) is 35.5 Å². The molecule has 0 aliphatic carbocycles. The Morgan fingerprint density at radius 1 is 1.25 bits per heavy atom. The van der Waals surface area contributed by atoms with Crippen molar-refractivity contribution in [1.29, 1.82) is 0 Å². The second kappa shape index (κ2) is 5.35. The van der Waals surface area contributed by atoms with Gasteiger partial charge in [-0.15, -0.1) is 0 Å². The molecule has 0 spiro atoms. The van der Waals surface area contributed by atoms with E-state index in [0.29, 0.717) is 0 Å². The minimum atomic E-state index is -0.902. The van der Waals surface area contributed by atoms with Gasteiger partial charge in [0.1, 0.15) is 0 Å². The Labute approximate surface area is 72.9 Å². The van der Waals surface area contributed by atoms with Crippen molar-refractivity contribution in [2.45, 2.75) is 20.8 Å². The molecule has 0 radical (unpaired) electrons. The summed E-state index contributed by atoms with van der Waals surface area (Å²) >= 11 is 0. The number of carboxylic acids is 1. The molecule has 0 aromatic rings. The van der Waals surface area contributed by atoms with Crippen LogP contribution in [0.25, 0.3) is 0 Å². The third kappa shape index (κ3) is 4.50. The van der Waals surface area contributed by atoms with Crippen LogP contribution in [0, 0.1) is 0 Å². The topological polar surface area (TPSA) is 37.3 Å². The molecular formula is C10H14O2. The van der Waals surface area contributed by atoms with Crippen LogP contribution in [-0.2, 0) is 4.79 Å². The zero-order chi connectivity index (χ0) is 9.56. The molecule has 2 heteroatoms. The lowest BCUT2D eigenvalue weighted by atomic mass is 10.1. The van der Waals surface area contributed by atoms with E-state index in [9.17, 15) is 4.79 Å². The quantitative estimate of drug-likeness (QED) is 0.516. The number of rotatable bonds is 3. The largest absolute Gasteiger partial charge is 0.478 e. The van der Waals surface area contributed by atoms with Gasteiger partial charge in [0.25, 0.3) is 0 Å². The van der Waals surface area contributed by atoms with E-state index >= 15 is 0 Å². The van der Waals surface area contributed by atoms with Gasteiger partial charge < -0.3 is 5.11 Å². The van der Waals surface area contributed by atoms with Crippen LogP contribution < -0.4 is 0 Å². The lowest BCUT2D eigenvalue weighted by Crippen LogP contribution is -1.90. The molecule has 0 aliphatic rings. The molecule has 0 atom stereocenters. The SMILES string of the molecule is CC=CC=C(C)C(C)=CC(=O)O. The Hall–Kier alpha value is -1.31. The summed E-state index contributed by atoms with van der Waals surface area (Å²) in [5.74, 6) is -0.902. The highest BCUT2D eigenvalue weighted by Crippen LogP contribution is 2.07. The summed E-state index contributed by atoms with van der Waals surface area (Å²) in [4.78, 5) is 10.3. The van der Waals surface area contributed by atoms with Crippen LogP contribution in [0.3, 0.4) is 0 Å². The molecule has 66 valence electrons. The maximum absolute atomic E-state index is 10.3. The van der Waals surface area contributed by atoms with Gasteiger partial charge in [0.15, 0.2) is 0 Å². The first-order chi connectivity index (χ1) is 5.57. The van der Waals surface area contributed by atoms with Crippen LogP contribution in [0.5, 0.6) is 0 Å². The highest BCUT2D eigenvalue weighted by Gasteiger charge is 1.94. The number of carbonyl (C=O) groups is 1. The maximum atomic E-state index is 10.3. The highest BCUT2D eigenvalue weighted by atomic mass is 16.4. The molecule has 0 unspecified atom stereocenters. The molecule has 0 bridgehead atoms. The molecule has 0 saturated carbocycles. The van der Waals surface area contributed by atoms with E-state index in [4.69, 9.17) is 5.11 Å². The van der Waals surface area contributed by atoms with Gasteiger partial charge in [0.2, 0.25) is 0 Å². The Morgan fingerprint density at radius 3 is 2.25 bits per heavy atom. The molecule has 0 aromatic heterocycles. The molecule has 0 aliphatic heterocycles. The fourth-order valence-electron chi connectivity index (χ4n) is 0.671. The fourth-order valence-corrected chi connectivity index (χ4v) is 0.671. The predicted octanol–water partition coefficient (Wildman–Crippen LogP) is 2.54. The Balaban J connectivity index is 4.48. The molecule has 0 aromatic carbocycles. The van der Waals surface area contributed by atoms with Gasteiger partial charge in [0.05, 0.1) is 0 Å². The lowest BCUT2D eigenvalue weighted by molar-refractivity contribution is -0.131. The van der Waals surface area contributed by atoms with E-state index in [2.05, 4.69) is 0 Å². The number of hydrogen-bond donors (Lipinski definition) is 1. The highest BCUT2D eigenvalue weighted by molar-refractivity contribution is 5.81. The average molecular weight is 166 g/mol. The Kier molecular flexibility index (Phi) is 4.77. The first-order valence-corrected chi connectivity index (χ1v) is 3.79. The van der Waals surface area contributed by atoms with Gasteiger partial charge in [0, 0.05) is 6.08 Å². The summed E-state index contributed by atoms with van der Waals surface area (Å²) < 4.78 is 0. The van der Waals surface area contributed by atoms with Gasteiger partial charge in [-0.25, -0.2) is 4.79 Å². The van der Waals surface area contributed by atoms with Gasteiger partial charge in [-0.05, 0) is 31.9 Å². The smallest absolute Gasteiger partial charge is 0.328 e. The van der Waals surface area contributed by atoms with Crippen molar-refractivity contribution in [2.75, 3.05) is 0 Å². The monoisotopic (exact) mass is 166 g/mol. The lowest BCUT2D eigenvalue weighted by Gasteiger charge is -1.96. The average Bonchev–Trinajstić information content (AvgIpc) is 1.98. The van der Waals surface area contributed by atoms with E-state index in [1.54, 1.807) is 6.92 Å². The van der Waals surface area contributed by atoms with E-state index in [1.165, 1.54) is 6.08 Å². The first kappa shape index (κ1) is 10.7. The molecular weight excluding hydrogens is 152 g/mol. The van der Waals surface area contributed by atoms with Gasteiger partial charge >= 0.3 is 5.97 Å². The zero-order valence-corrected chi connectivity index (χ0v) is 7.66. The fraction of sp³-hybridized carbons (Fsp3) is 0.300. The first-order valence-electron chi connectivity index (χ1n) is 3.79. The normalized spacial score (nSPS) is 13.9. The van der Waals surface area contributed by atoms with E-state index in [-0.39, 0.29) is 0 Å². The number of carboxylic acid groups (broad SMARTS) is 1. The maximum Gasteiger partial charge on any atom is 0.328 e. The molecule has 0 amide bonds. The Morgan fingerprint density at radius 2 is 1.83 bits per heavy atom. The minimum Gasteiger partial charge on any atom is -0.478 e. The Bertz CT molecular complexity index is 245.